The largest absolute Gasteiger partial charge is 0.444 e. The minimum Gasteiger partial charge on any atom is -0.444 e. The van der Waals surface area contributed by atoms with E-state index >= 15 is 0 Å². The molecule has 0 spiro atoms. The van der Waals surface area contributed by atoms with Gasteiger partial charge in [-0.2, -0.15) is 0 Å². The van der Waals surface area contributed by atoms with E-state index in [0.717, 1.165) is 51.3 Å². The van der Waals surface area contributed by atoms with E-state index in [4.69, 9.17) is 9.73 Å². The molecular formula is C23H46IN5O3. The van der Waals surface area contributed by atoms with Crippen molar-refractivity contribution in [2.75, 3.05) is 26.2 Å². The number of amides is 2. The van der Waals surface area contributed by atoms with Gasteiger partial charge in [0.1, 0.15) is 5.60 Å². The van der Waals surface area contributed by atoms with Crippen molar-refractivity contribution in [2.24, 2.45) is 10.9 Å². The van der Waals surface area contributed by atoms with Crippen LogP contribution in [0.5, 0.6) is 0 Å². The molecule has 3 N–H and O–H groups in total. The second kappa shape index (κ2) is 14.1. The van der Waals surface area contributed by atoms with E-state index in [1.54, 1.807) is 0 Å². The molecule has 0 aromatic heterocycles. The van der Waals surface area contributed by atoms with Crippen molar-refractivity contribution in [1.29, 1.82) is 0 Å². The molecule has 32 heavy (non-hydrogen) atoms. The average Bonchev–Trinajstić information content (AvgIpc) is 2.69. The number of guanidine groups is 1. The second-order valence-corrected chi connectivity index (χ2v) is 9.71. The van der Waals surface area contributed by atoms with Gasteiger partial charge in [0, 0.05) is 31.6 Å². The van der Waals surface area contributed by atoms with Crippen molar-refractivity contribution in [3.05, 3.63) is 0 Å². The van der Waals surface area contributed by atoms with Crippen molar-refractivity contribution in [3.8, 4) is 0 Å². The number of aliphatic imine (C=N–C) groups is 1. The number of piperidine rings is 1. The van der Waals surface area contributed by atoms with E-state index in [-0.39, 0.29) is 41.8 Å². The standard InChI is InChI=1S/C23H45N5O3.HI/c1-9-23(10-2,27-21(30)31-22(6,7)8)16-25-20(24-11-3)26-18-12-14-28(15-13-18)19(29)17(4)5;/h17-18H,9-16H2,1-8H3,(H,27,30)(H2,24,25,26);1H. The number of ether oxygens (including phenoxy) is 1. The normalized spacial score (nSPS) is 15.8. The van der Waals surface area contributed by atoms with Crippen molar-refractivity contribution in [2.45, 2.75) is 98.3 Å². The summed E-state index contributed by atoms with van der Waals surface area (Å²) in [5.41, 5.74) is -0.999. The summed E-state index contributed by atoms with van der Waals surface area (Å²) in [6.45, 7) is 18.4. The number of hydrogen-bond donors (Lipinski definition) is 3. The Labute approximate surface area is 212 Å². The van der Waals surface area contributed by atoms with Crippen LogP contribution in [0.3, 0.4) is 0 Å². The summed E-state index contributed by atoms with van der Waals surface area (Å²) in [6.07, 6.45) is 2.88. The quantitative estimate of drug-likeness (QED) is 0.235. The first kappa shape index (κ1) is 30.7. The molecule has 1 aliphatic heterocycles. The smallest absolute Gasteiger partial charge is 0.408 e. The van der Waals surface area contributed by atoms with E-state index in [0.29, 0.717) is 6.54 Å². The summed E-state index contributed by atoms with van der Waals surface area (Å²) < 4.78 is 5.46. The molecule has 1 aliphatic rings. The first-order valence-corrected chi connectivity index (χ1v) is 11.8. The Bertz CT molecular complexity index is 607. The van der Waals surface area contributed by atoms with Gasteiger partial charge < -0.3 is 25.6 Å². The number of likely N-dealkylation sites (tertiary alicyclic amines) is 1. The van der Waals surface area contributed by atoms with Gasteiger partial charge >= 0.3 is 6.09 Å². The van der Waals surface area contributed by atoms with Gasteiger partial charge in [0.25, 0.3) is 0 Å². The van der Waals surface area contributed by atoms with Gasteiger partial charge in [-0.05, 0) is 53.4 Å². The summed E-state index contributed by atoms with van der Waals surface area (Å²) >= 11 is 0. The molecule has 8 nitrogen and oxygen atoms in total. The fourth-order valence-corrected chi connectivity index (χ4v) is 3.56. The zero-order chi connectivity index (χ0) is 23.7. The third-order valence-electron chi connectivity index (χ3n) is 5.65. The van der Waals surface area contributed by atoms with Crippen molar-refractivity contribution in [3.63, 3.8) is 0 Å². The van der Waals surface area contributed by atoms with Crippen molar-refractivity contribution >= 4 is 41.9 Å². The Morgan fingerprint density at radius 1 is 1.09 bits per heavy atom. The summed E-state index contributed by atoms with van der Waals surface area (Å²) in [5.74, 6) is 1.01. The fraction of sp³-hybridized carbons (Fsp3) is 0.870. The fourth-order valence-electron chi connectivity index (χ4n) is 3.56. The van der Waals surface area contributed by atoms with Crippen LogP contribution in [0, 0.1) is 5.92 Å². The Balaban J connectivity index is 0.00000961. The van der Waals surface area contributed by atoms with E-state index in [9.17, 15) is 9.59 Å². The molecule has 0 unspecified atom stereocenters. The topological polar surface area (TPSA) is 95.1 Å². The van der Waals surface area contributed by atoms with Crippen molar-refractivity contribution < 1.29 is 14.3 Å². The molecule has 9 heteroatoms. The lowest BCUT2D eigenvalue weighted by Gasteiger charge is -2.35. The Morgan fingerprint density at radius 3 is 2.09 bits per heavy atom. The van der Waals surface area contributed by atoms with Crippen LogP contribution < -0.4 is 16.0 Å². The van der Waals surface area contributed by atoms with Crippen LogP contribution in [0.25, 0.3) is 0 Å². The third kappa shape index (κ3) is 10.6. The Morgan fingerprint density at radius 2 is 1.66 bits per heavy atom. The molecule has 0 aromatic rings. The first-order chi connectivity index (χ1) is 14.4. The molecule has 2 amide bonds. The molecule has 1 fully saturated rings. The maximum Gasteiger partial charge on any atom is 0.408 e. The molecule has 1 saturated heterocycles. The van der Waals surface area contributed by atoms with Gasteiger partial charge in [-0.25, -0.2) is 4.79 Å². The molecule has 1 heterocycles. The number of nitrogens with one attached hydrogen (secondary N) is 3. The highest BCUT2D eigenvalue weighted by molar-refractivity contribution is 14.0. The van der Waals surface area contributed by atoms with E-state index < -0.39 is 17.2 Å². The highest BCUT2D eigenvalue weighted by Gasteiger charge is 2.31. The van der Waals surface area contributed by atoms with Crippen LogP contribution in [0.1, 0.15) is 81.1 Å². The summed E-state index contributed by atoms with van der Waals surface area (Å²) in [5, 5.41) is 9.87. The van der Waals surface area contributed by atoms with Gasteiger partial charge in [-0.3, -0.25) is 9.79 Å². The van der Waals surface area contributed by atoms with Crippen LogP contribution in [-0.4, -0.2) is 66.2 Å². The zero-order valence-electron chi connectivity index (χ0n) is 21.3. The van der Waals surface area contributed by atoms with Gasteiger partial charge in [-0.15, -0.1) is 24.0 Å². The number of nitrogens with zero attached hydrogens (tertiary/aromatic N) is 2. The van der Waals surface area contributed by atoms with Gasteiger partial charge in [0.05, 0.1) is 12.1 Å². The molecular weight excluding hydrogens is 521 g/mol. The highest BCUT2D eigenvalue weighted by Crippen LogP contribution is 2.18. The molecule has 0 aliphatic carbocycles. The van der Waals surface area contributed by atoms with Gasteiger partial charge in [0.2, 0.25) is 5.91 Å². The lowest BCUT2D eigenvalue weighted by Crippen LogP contribution is -2.53. The third-order valence-corrected chi connectivity index (χ3v) is 5.65. The number of hydrogen-bond acceptors (Lipinski definition) is 4. The number of carbonyl (C=O) groups excluding carboxylic acids is 2. The van der Waals surface area contributed by atoms with Crippen LogP contribution in [0.15, 0.2) is 4.99 Å². The van der Waals surface area contributed by atoms with Crippen LogP contribution >= 0.6 is 24.0 Å². The maximum atomic E-state index is 12.4. The highest BCUT2D eigenvalue weighted by atomic mass is 127. The Hall–Kier alpha value is -1.26. The SMILES string of the molecule is CCNC(=NCC(CC)(CC)NC(=O)OC(C)(C)C)NC1CCN(C(=O)C(C)C)CC1.I. The number of halogens is 1. The minimum atomic E-state index is -0.539. The lowest BCUT2D eigenvalue weighted by molar-refractivity contribution is -0.135. The predicted molar refractivity (Wildman–Crippen MR) is 142 cm³/mol. The van der Waals surface area contributed by atoms with Crippen LogP contribution in [0.2, 0.25) is 0 Å². The van der Waals surface area contributed by atoms with Crippen LogP contribution in [-0.2, 0) is 9.53 Å². The van der Waals surface area contributed by atoms with Gasteiger partial charge in [0.15, 0.2) is 5.96 Å². The maximum absolute atomic E-state index is 12.4. The number of alkyl carbamates (subject to hydrolysis) is 1. The lowest BCUT2D eigenvalue weighted by atomic mass is 9.93. The minimum absolute atomic E-state index is 0. The summed E-state index contributed by atoms with van der Waals surface area (Å²) in [7, 11) is 0. The van der Waals surface area contributed by atoms with Gasteiger partial charge in [-0.1, -0.05) is 27.7 Å². The van der Waals surface area contributed by atoms with E-state index in [1.807, 2.05) is 46.4 Å². The monoisotopic (exact) mass is 567 g/mol. The summed E-state index contributed by atoms with van der Waals surface area (Å²) in [4.78, 5) is 31.3. The zero-order valence-corrected chi connectivity index (χ0v) is 23.7. The predicted octanol–water partition coefficient (Wildman–Crippen LogP) is 3.89. The van der Waals surface area contributed by atoms with E-state index in [1.165, 1.54) is 0 Å². The number of rotatable bonds is 8. The first-order valence-electron chi connectivity index (χ1n) is 11.8. The van der Waals surface area contributed by atoms with Crippen LogP contribution in [0.4, 0.5) is 4.79 Å². The second-order valence-electron chi connectivity index (χ2n) is 9.71. The molecule has 0 saturated carbocycles. The van der Waals surface area contributed by atoms with Crippen molar-refractivity contribution in [1.82, 2.24) is 20.9 Å². The molecule has 0 atom stereocenters. The average molecular weight is 568 g/mol. The van der Waals surface area contributed by atoms with E-state index in [2.05, 4.69) is 29.8 Å². The number of carbonyl (C=O) groups is 2. The summed E-state index contributed by atoms with van der Waals surface area (Å²) in [6, 6.07) is 0.269. The molecule has 0 bridgehead atoms. The molecule has 1 rings (SSSR count). The molecule has 0 radical (unpaired) electrons. The molecule has 188 valence electrons. The molecule has 0 aromatic carbocycles. The Kier molecular flexibility index (Phi) is 13.5.